The molecule has 3 heteroatoms. The van der Waals surface area contributed by atoms with Crippen LogP contribution in [0.5, 0.6) is 0 Å². The third-order valence-corrected chi connectivity index (χ3v) is 2.50. The van der Waals surface area contributed by atoms with Crippen molar-refractivity contribution in [2.45, 2.75) is 39.0 Å². The summed E-state index contributed by atoms with van der Waals surface area (Å²) in [5.41, 5.74) is 2.07. The Balaban J connectivity index is 2.54. The van der Waals surface area contributed by atoms with E-state index in [1.54, 1.807) is 7.11 Å². The van der Waals surface area contributed by atoms with E-state index in [0.29, 0.717) is 13.2 Å². The van der Waals surface area contributed by atoms with Gasteiger partial charge in [-0.25, -0.2) is 0 Å². The van der Waals surface area contributed by atoms with Gasteiger partial charge in [-0.15, -0.1) is 0 Å². The summed E-state index contributed by atoms with van der Waals surface area (Å²) in [5.74, 6) is 0. The van der Waals surface area contributed by atoms with Crippen molar-refractivity contribution >= 4 is 0 Å². The number of methoxy groups -OCH3 is 1. The fourth-order valence-corrected chi connectivity index (χ4v) is 1.52. The highest BCUT2D eigenvalue weighted by Crippen LogP contribution is 2.14. The van der Waals surface area contributed by atoms with Crippen molar-refractivity contribution in [3.05, 3.63) is 35.4 Å². The summed E-state index contributed by atoms with van der Waals surface area (Å²) >= 11 is 0. The van der Waals surface area contributed by atoms with E-state index in [2.05, 4.69) is 26.1 Å². The molecule has 0 aliphatic rings. The van der Waals surface area contributed by atoms with Crippen molar-refractivity contribution in [2.24, 2.45) is 0 Å². The van der Waals surface area contributed by atoms with Crippen LogP contribution < -0.4 is 5.32 Å². The van der Waals surface area contributed by atoms with Crippen LogP contribution in [0.25, 0.3) is 0 Å². The van der Waals surface area contributed by atoms with E-state index in [9.17, 15) is 5.11 Å². The molecule has 0 bridgehead atoms. The lowest BCUT2D eigenvalue weighted by Gasteiger charge is -2.23. The van der Waals surface area contributed by atoms with Gasteiger partial charge >= 0.3 is 0 Å². The monoisotopic (exact) mass is 237 g/mol. The van der Waals surface area contributed by atoms with Crippen LogP contribution in [0.15, 0.2) is 24.3 Å². The molecule has 0 saturated carbocycles. The molecule has 17 heavy (non-hydrogen) atoms. The molecule has 0 heterocycles. The molecule has 0 fully saturated rings. The van der Waals surface area contributed by atoms with Crippen molar-refractivity contribution in [1.82, 2.24) is 5.32 Å². The Bertz CT molecular complexity index is 327. The average molecular weight is 237 g/mol. The van der Waals surface area contributed by atoms with Crippen LogP contribution in [-0.2, 0) is 11.3 Å². The second kappa shape index (κ2) is 6.15. The van der Waals surface area contributed by atoms with Gasteiger partial charge in [-0.1, -0.05) is 24.3 Å². The molecule has 0 radical (unpaired) electrons. The van der Waals surface area contributed by atoms with Crippen LogP contribution in [0, 0.1) is 0 Å². The van der Waals surface area contributed by atoms with Crippen LogP contribution in [-0.4, -0.2) is 24.3 Å². The fraction of sp³-hybridized carbons (Fsp3) is 0.571. The maximum Gasteiger partial charge on any atom is 0.0914 e. The van der Waals surface area contributed by atoms with Gasteiger partial charge in [0.1, 0.15) is 0 Å². The molecular weight excluding hydrogens is 214 g/mol. The van der Waals surface area contributed by atoms with Gasteiger partial charge in [0.15, 0.2) is 0 Å². The number of hydrogen-bond acceptors (Lipinski definition) is 3. The summed E-state index contributed by atoms with van der Waals surface area (Å²) in [6.07, 6.45) is -0.467. The molecule has 0 aromatic heterocycles. The molecule has 3 nitrogen and oxygen atoms in total. The molecule has 1 atom stereocenters. The van der Waals surface area contributed by atoms with Gasteiger partial charge in [0.05, 0.1) is 12.7 Å². The molecule has 1 unspecified atom stereocenters. The summed E-state index contributed by atoms with van der Waals surface area (Å²) in [4.78, 5) is 0. The molecule has 2 N–H and O–H groups in total. The lowest BCUT2D eigenvalue weighted by Crippen LogP contribution is -2.38. The van der Waals surface area contributed by atoms with Gasteiger partial charge in [-0.3, -0.25) is 0 Å². The van der Waals surface area contributed by atoms with Crippen LogP contribution in [0.4, 0.5) is 0 Å². The fourth-order valence-electron chi connectivity index (χ4n) is 1.52. The zero-order valence-electron chi connectivity index (χ0n) is 11.2. The number of ether oxygens (including phenoxy) is 1. The lowest BCUT2D eigenvalue weighted by molar-refractivity contribution is 0.163. The maximum absolute atomic E-state index is 10.0. The molecular formula is C14H23NO2. The Morgan fingerprint density at radius 3 is 2.29 bits per heavy atom. The van der Waals surface area contributed by atoms with E-state index in [0.717, 1.165) is 11.1 Å². The van der Waals surface area contributed by atoms with Crippen molar-refractivity contribution in [1.29, 1.82) is 0 Å². The van der Waals surface area contributed by atoms with Gasteiger partial charge in [-0.2, -0.15) is 0 Å². The van der Waals surface area contributed by atoms with E-state index >= 15 is 0 Å². The van der Waals surface area contributed by atoms with E-state index in [1.165, 1.54) is 0 Å². The Kier molecular flexibility index (Phi) is 5.12. The Morgan fingerprint density at radius 2 is 1.82 bits per heavy atom. The second-order valence-corrected chi connectivity index (χ2v) is 5.32. The Labute approximate surface area is 104 Å². The number of benzene rings is 1. The summed E-state index contributed by atoms with van der Waals surface area (Å²) in [5, 5.41) is 13.3. The van der Waals surface area contributed by atoms with E-state index in [4.69, 9.17) is 4.74 Å². The summed E-state index contributed by atoms with van der Waals surface area (Å²) in [6.45, 7) is 7.42. The zero-order chi connectivity index (χ0) is 12.9. The van der Waals surface area contributed by atoms with Gasteiger partial charge < -0.3 is 15.2 Å². The Morgan fingerprint density at radius 1 is 1.24 bits per heavy atom. The largest absolute Gasteiger partial charge is 0.387 e. The topological polar surface area (TPSA) is 41.5 Å². The van der Waals surface area contributed by atoms with Crippen LogP contribution in [0.2, 0.25) is 0 Å². The van der Waals surface area contributed by atoms with Gasteiger partial charge in [0, 0.05) is 19.2 Å². The van der Waals surface area contributed by atoms with Crippen molar-refractivity contribution in [2.75, 3.05) is 13.7 Å². The normalized spacial score (nSPS) is 13.7. The SMILES string of the molecule is COCc1ccc(C(O)CNC(C)(C)C)cc1. The molecule has 1 rings (SSSR count). The third-order valence-electron chi connectivity index (χ3n) is 2.50. The van der Waals surface area contributed by atoms with Crippen LogP contribution >= 0.6 is 0 Å². The minimum absolute atomic E-state index is 0.0248. The number of hydrogen-bond donors (Lipinski definition) is 2. The summed E-state index contributed by atoms with van der Waals surface area (Å²) in [7, 11) is 1.68. The number of rotatable bonds is 5. The second-order valence-electron chi connectivity index (χ2n) is 5.32. The molecule has 0 saturated heterocycles. The molecule has 1 aromatic rings. The Hall–Kier alpha value is -0.900. The van der Waals surface area contributed by atoms with Gasteiger partial charge in [-0.05, 0) is 31.9 Å². The van der Waals surface area contributed by atoms with E-state index in [-0.39, 0.29) is 5.54 Å². The molecule has 0 amide bonds. The highest BCUT2D eigenvalue weighted by Gasteiger charge is 2.13. The number of β-amino-alcohol motifs (C(OH)–C–C–N with tert-alkyl or cyclic N) is 1. The van der Waals surface area contributed by atoms with Gasteiger partial charge in [0.2, 0.25) is 0 Å². The molecule has 0 aliphatic carbocycles. The first-order valence-corrected chi connectivity index (χ1v) is 5.93. The molecule has 0 spiro atoms. The first-order chi connectivity index (χ1) is 7.92. The third kappa shape index (κ3) is 5.31. The first-order valence-electron chi connectivity index (χ1n) is 5.93. The number of aliphatic hydroxyl groups is 1. The number of aliphatic hydroxyl groups excluding tert-OH is 1. The molecule has 1 aromatic carbocycles. The average Bonchev–Trinajstić information content (AvgIpc) is 2.26. The predicted molar refractivity (Wildman–Crippen MR) is 69.9 cm³/mol. The van der Waals surface area contributed by atoms with Gasteiger partial charge in [0.25, 0.3) is 0 Å². The summed E-state index contributed by atoms with van der Waals surface area (Å²) in [6, 6.07) is 7.87. The highest BCUT2D eigenvalue weighted by atomic mass is 16.5. The maximum atomic E-state index is 10.0. The molecule has 96 valence electrons. The minimum atomic E-state index is -0.467. The van der Waals surface area contributed by atoms with Crippen molar-refractivity contribution in [3.8, 4) is 0 Å². The van der Waals surface area contributed by atoms with Crippen LogP contribution in [0.1, 0.15) is 38.0 Å². The smallest absolute Gasteiger partial charge is 0.0914 e. The standard InChI is InChI=1S/C14H23NO2/c1-14(2,3)15-9-13(16)12-7-5-11(6-8-12)10-17-4/h5-8,13,15-16H,9-10H2,1-4H3. The quantitative estimate of drug-likeness (QED) is 0.825. The zero-order valence-corrected chi connectivity index (χ0v) is 11.2. The number of nitrogens with one attached hydrogen (secondary N) is 1. The highest BCUT2D eigenvalue weighted by molar-refractivity contribution is 5.24. The van der Waals surface area contributed by atoms with Crippen molar-refractivity contribution in [3.63, 3.8) is 0 Å². The summed E-state index contributed by atoms with van der Waals surface area (Å²) < 4.78 is 5.05. The first kappa shape index (κ1) is 14.2. The van der Waals surface area contributed by atoms with E-state index in [1.807, 2.05) is 24.3 Å². The lowest BCUT2D eigenvalue weighted by atomic mass is 10.0. The minimum Gasteiger partial charge on any atom is -0.387 e. The van der Waals surface area contributed by atoms with Crippen LogP contribution in [0.3, 0.4) is 0 Å². The van der Waals surface area contributed by atoms with E-state index < -0.39 is 6.10 Å². The predicted octanol–water partition coefficient (Wildman–Crippen LogP) is 2.25. The molecule has 0 aliphatic heterocycles. The van der Waals surface area contributed by atoms with Crippen molar-refractivity contribution < 1.29 is 9.84 Å².